The normalized spacial score (nSPS) is 20.4. The van der Waals surface area contributed by atoms with Gasteiger partial charge >= 0.3 is 0 Å². The van der Waals surface area contributed by atoms with E-state index in [9.17, 15) is 4.79 Å². The van der Waals surface area contributed by atoms with Crippen LogP contribution >= 0.6 is 0 Å². The van der Waals surface area contributed by atoms with Crippen LogP contribution in [0.1, 0.15) is 25.7 Å². The van der Waals surface area contributed by atoms with Crippen LogP contribution in [0.25, 0.3) is 0 Å². The molecule has 0 radical (unpaired) electrons. The number of hydrogen-bond acceptors (Lipinski definition) is 4. The molecule has 1 saturated heterocycles. The number of para-hydroxylation sites is 2. The third kappa shape index (κ3) is 4.24. The highest BCUT2D eigenvalue weighted by atomic mass is 16.5. The largest absolute Gasteiger partial charge is 0.490 e. The standard InChI is InChI=1S/C18H26N2O3/c1-19(10-4-6-15-7-5-12-22-15)14-18(21)20-11-13-23-17-9-3-2-8-16(17)20/h2-3,8-9,15H,4-7,10-14H2,1H3. The molecule has 2 aliphatic rings. The second kappa shape index (κ2) is 7.79. The average molecular weight is 318 g/mol. The predicted octanol–water partition coefficient (Wildman–Crippen LogP) is 2.30. The van der Waals surface area contributed by atoms with Gasteiger partial charge in [0.2, 0.25) is 5.91 Å². The number of carbonyl (C=O) groups excluding carboxylic acids is 1. The Morgan fingerprint density at radius 2 is 2.22 bits per heavy atom. The highest BCUT2D eigenvalue weighted by Crippen LogP contribution is 2.30. The lowest BCUT2D eigenvalue weighted by atomic mass is 10.1. The highest BCUT2D eigenvalue weighted by molar-refractivity contribution is 5.96. The summed E-state index contributed by atoms with van der Waals surface area (Å²) in [6, 6.07) is 7.74. The molecule has 1 aromatic carbocycles. The van der Waals surface area contributed by atoms with E-state index in [1.54, 1.807) is 0 Å². The summed E-state index contributed by atoms with van der Waals surface area (Å²) in [6.45, 7) is 3.47. The van der Waals surface area contributed by atoms with Crippen molar-refractivity contribution in [2.45, 2.75) is 31.8 Å². The van der Waals surface area contributed by atoms with Crippen LogP contribution < -0.4 is 9.64 Å². The fraction of sp³-hybridized carbons (Fsp3) is 0.611. The number of nitrogens with zero attached hydrogens (tertiary/aromatic N) is 2. The van der Waals surface area contributed by atoms with Crippen LogP contribution in [-0.4, -0.2) is 56.8 Å². The minimum absolute atomic E-state index is 0.139. The summed E-state index contributed by atoms with van der Waals surface area (Å²) in [7, 11) is 2.01. The molecule has 5 nitrogen and oxygen atoms in total. The molecule has 1 amide bonds. The van der Waals surface area contributed by atoms with Gasteiger partial charge in [-0.15, -0.1) is 0 Å². The lowest BCUT2D eigenvalue weighted by Crippen LogP contribution is -2.43. The highest BCUT2D eigenvalue weighted by Gasteiger charge is 2.24. The smallest absolute Gasteiger partial charge is 0.241 e. The average Bonchev–Trinajstić information content (AvgIpc) is 3.07. The maximum atomic E-state index is 12.6. The summed E-state index contributed by atoms with van der Waals surface area (Å²) in [4.78, 5) is 16.5. The zero-order valence-electron chi connectivity index (χ0n) is 13.9. The van der Waals surface area contributed by atoms with Gasteiger partial charge in [-0.05, 0) is 51.4 Å². The maximum Gasteiger partial charge on any atom is 0.241 e. The molecule has 0 bridgehead atoms. The molecule has 0 aromatic heterocycles. The number of likely N-dealkylation sites (N-methyl/N-ethyl adjacent to an activating group) is 1. The zero-order valence-corrected chi connectivity index (χ0v) is 13.9. The topological polar surface area (TPSA) is 42.0 Å². The number of carbonyl (C=O) groups is 1. The summed E-state index contributed by atoms with van der Waals surface area (Å²) in [5.41, 5.74) is 0.886. The molecule has 0 saturated carbocycles. The Labute approximate surface area is 138 Å². The van der Waals surface area contributed by atoms with Crippen LogP contribution in [0.4, 0.5) is 5.69 Å². The van der Waals surface area contributed by atoms with Crippen molar-refractivity contribution in [1.29, 1.82) is 0 Å². The molecule has 3 rings (SSSR count). The first-order valence-corrected chi connectivity index (χ1v) is 8.56. The van der Waals surface area contributed by atoms with Gasteiger partial charge in [0, 0.05) is 6.61 Å². The second-order valence-corrected chi connectivity index (χ2v) is 6.38. The van der Waals surface area contributed by atoms with Gasteiger partial charge in [-0.2, -0.15) is 0 Å². The van der Waals surface area contributed by atoms with E-state index in [1.807, 2.05) is 36.2 Å². The van der Waals surface area contributed by atoms with Gasteiger partial charge in [-0.1, -0.05) is 12.1 Å². The fourth-order valence-electron chi connectivity index (χ4n) is 3.28. The first kappa shape index (κ1) is 16.3. The van der Waals surface area contributed by atoms with Crippen molar-refractivity contribution < 1.29 is 14.3 Å². The van der Waals surface area contributed by atoms with Crippen LogP contribution in [0.5, 0.6) is 5.75 Å². The second-order valence-electron chi connectivity index (χ2n) is 6.38. The molecule has 1 atom stereocenters. The number of hydrogen-bond donors (Lipinski definition) is 0. The molecule has 126 valence electrons. The SMILES string of the molecule is CN(CCCC1CCCO1)CC(=O)N1CCOc2ccccc21. The summed E-state index contributed by atoms with van der Waals surface area (Å²) < 4.78 is 11.3. The molecule has 23 heavy (non-hydrogen) atoms. The van der Waals surface area contributed by atoms with Crippen LogP contribution in [0.3, 0.4) is 0 Å². The summed E-state index contributed by atoms with van der Waals surface area (Å²) in [5, 5.41) is 0. The van der Waals surface area contributed by atoms with E-state index >= 15 is 0 Å². The van der Waals surface area contributed by atoms with E-state index < -0.39 is 0 Å². The van der Waals surface area contributed by atoms with Crippen molar-refractivity contribution in [3.63, 3.8) is 0 Å². The molecule has 1 aromatic rings. The van der Waals surface area contributed by atoms with E-state index in [0.29, 0.717) is 25.8 Å². The van der Waals surface area contributed by atoms with E-state index in [-0.39, 0.29) is 5.91 Å². The summed E-state index contributed by atoms with van der Waals surface area (Å²) in [6.07, 6.45) is 4.99. The molecule has 5 heteroatoms. The van der Waals surface area contributed by atoms with Crippen LogP contribution in [0, 0.1) is 0 Å². The van der Waals surface area contributed by atoms with Gasteiger partial charge < -0.3 is 14.4 Å². The minimum Gasteiger partial charge on any atom is -0.490 e. The van der Waals surface area contributed by atoms with Crippen molar-refractivity contribution >= 4 is 11.6 Å². The molecule has 2 aliphatic heterocycles. The van der Waals surface area contributed by atoms with E-state index in [0.717, 1.165) is 37.4 Å². The molecular weight excluding hydrogens is 292 g/mol. The summed E-state index contributed by atoms with van der Waals surface area (Å²) in [5.74, 6) is 0.938. The van der Waals surface area contributed by atoms with Crippen molar-refractivity contribution in [3.8, 4) is 5.75 Å². The van der Waals surface area contributed by atoms with Gasteiger partial charge in [-0.25, -0.2) is 0 Å². The lowest BCUT2D eigenvalue weighted by molar-refractivity contribution is -0.119. The van der Waals surface area contributed by atoms with E-state index in [2.05, 4.69) is 4.90 Å². The van der Waals surface area contributed by atoms with Crippen molar-refractivity contribution in [2.75, 3.05) is 44.8 Å². The van der Waals surface area contributed by atoms with Crippen molar-refractivity contribution in [2.24, 2.45) is 0 Å². The van der Waals surface area contributed by atoms with Gasteiger partial charge in [-0.3, -0.25) is 9.69 Å². The Hall–Kier alpha value is -1.59. The van der Waals surface area contributed by atoms with Crippen molar-refractivity contribution in [3.05, 3.63) is 24.3 Å². The molecule has 1 unspecified atom stereocenters. The molecule has 0 aliphatic carbocycles. The Kier molecular flexibility index (Phi) is 5.51. The van der Waals surface area contributed by atoms with Crippen LogP contribution in [0.2, 0.25) is 0 Å². The van der Waals surface area contributed by atoms with Gasteiger partial charge in [0.1, 0.15) is 12.4 Å². The Balaban J connectivity index is 1.47. The van der Waals surface area contributed by atoms with Crippen LogP contribution in [0.15, 0.2) is 24.3 Å². The van der Waals surface area contributed by atoms with Gasteiger partial charge in [0.25, 0.3) is 0 Å². The molecule has 2 heterocycles. The predicted molar refractivity (Wildman–Crippen MR) is 90.0 cm³/mol. The molecular formula is C18H26N2O3. The fourth-order valence-corrected chi connectivity index (χ4v) is 3.28. The van der Waals surface area contributed by atoms with E-state index in [1.165, 1.54) is 12.8 Å². The van der Waals surface area contributed by atoms with Crippen LogP contribution in [-0.2, 0) is 9.53 Å². The molecule has 0 N–H and O–H groups in total. The quantitative estimate of drug-likeness (QED) is 0.807. The molecule has 0 spiro atoms. The third-order valence-electron chi connectivity index (χ3n) is 4.52. The third-order valence-corrected chi connectivity index (χ3v) is 4.52. The number of rotatable bonds is 6. The summed E-state index contributed by atoms with van der Waals surface area (Å²) >= 11 is 0. The maximum absolute atomic E-state index is 12.6. The first-order chi connectivity index (χ1) is 11.2. The Morgan fingerprint density at radius 3 is 3.04 bits per heavy atom. The number of ether oxygens (including phenoxy) is 2. The van der Waals surface area contributed by atoms with Gasteiger partial charge in [0.05, 0.1) is 24.9 Å². The number of fused-ring (bicyclic) bond motifs is 1. The first-order valence-electron chi connectivity index (χ1n) is 8.56. The monoisotopic (exact) mass is 318 g/mol. The number of anilines is 1. The molecule has 1 fully saturated rings. The number of amides is 1. The Bertz CT molecular complexity index is 529. The Morgan fingerprint density at radius 1 is 1.35 bits per heavy atom. The van der Waals surface area contributed by atoms with Crippen molar-refractivity contribution in [1.82, 2.24) is 4.90 Å². The zero-order chi connectivity index (χ0) is 16.1. The lowest BCUT2D eigenvalue weighted by Gasteiger charge is -2.30. The van der Waals surface area contributed by atoms with Gasteiger partial charge in [0.15, 0.2) is 0 Å². The number of benzene rings is 1. The van der Waals surface area contributed by atoms with E-state index in [4.69, 9.17) is 9.47 Å². The minimum atomic E-state index is 0.139.